The second-order valence-corrected chi connectivity index (χ2v) is 4.27. The fraction of sp³-hybridized carbons (Fsp3) is 0.200. The van der Waals surface area contributed by atoms with Gasteiger partial charge in [0.05, 0.1) is 24.4 Å². The summed E-state index contributed by atoms with van der Waals surface area (Å²) in [5.74, 6) is -0.494. The van der Waals surface area contributed by atoms with Crippen LogP contribution in [0, 0.1) is 11.3 Å². The van der Waals surface area contributed by atoms with Crippen molar-refractivity contribution in [2.75, 3.05) is 7.11 Å². The lowest BCUT2D eigenvalue weighted by atomic mass is 9.95. The minimum Gasteiger partial charge on any atom is -0.496 e. The third-order valence-corrected chi connectivity index (χ3v) is 2.98. The van der Waals surface area contributed by atoms with Gasteiger partial charge in [0, 0.05) is 11.8 Å². The molecule has 0 amide bonds. The molecule has 0 radical (unpaired) electrons. The summed E-state index contributed by atoms with van der Waals surface area (Å²) in [5.41, 5.74) is -0.311. The second-order valence-electron chi connectivity index (χ2n) is 4.27. The molecular weight excluding hydrogens is 281 g/mol. The minimum absolute atomic E-state index is 0.0387. The van der Waals surface area contributed by atoms with Gasteiger partial charge in [-0.15, -0.1) is 0 Å². The first-order valence-corrected chi connectivity index (χ1v) is 6.03. The van der Waals surface area contributed by atoms with Crippen LogP contribution in [0.2, 0.25) is 0 Å². The van der Waals surface area contributed by atoms with Gasteiger partial charge >= 0.3 is 6.18 Å². The molecule has 0 saturated carbocycles. The summed E-state index contributed by atoms with van der Waals surface area (Å²) in [6.07, 6.45) is -3.42. The van der Waals surface area contributed by atoms with Gasteiger partial charge in [0.25, 0.3) is 0 Å². The zero-order chi connectivity index (χ0) is 15.5. The fourth-order valence-corrected chi connectivity index (χ4v) is 1.98. The van der Waals surface area contributed by atoms with Crippen LogP contribution in [0.5, 0.6) is 5.75 Å². The van der Waals surface area contributed by atoms with Crippen LogP contribution in [0.4, 0.5) is 13.2 Å². The van der Waals surface area contributed by atoms with Crippen LogP contribution in [-0.4, -0.2) is 12.1 Å². The summed E-state index contributed by atoms with van der Waals surface area (Å²) in [5, 5.41) is 9.32. The predicted octanol–water partition coefficient (Wildman–Crippen LogP) is 3.76. The van der Waals surface area contributed by atoms with Gasteiger partial charge in [0.1, 0.15) is 11.7 Å². The maximum atomic E-state index is 12.7. The van der Waals surface area contributed by atoms with E-state index in [1.54, 1.807) is 24.3 Å². The summed E-state index contributed by atoms with van der Waals surface area (Å²) in [6.45, 7) is 0. The van der Waals surface area contributed by atoms with Gasteiger partial charge in [-0.3, -0.25) is 4.98 Å². The molecule has 1 atom stereocenters. The molecule has 2 aromatic rings. The Morgan fingerprint density at radius 3 is 2.57 bits per heavy atom. The standard InChI is InChI=1S/C15H11F3N2O/c1-21-14-5-3-2-4-11(14)12(9-19)13-8-10(6-7-20-13)15(16,17)18/h2-8,12H,1H3. The Hall–Kier alpha value is -2.55. The highest BCUT2D eigenvalue weighted by Crippen LogP contribution is 2.34. The number of ether oxygens (including phenoxy) is 1. The Bertz CT molecular complexity index is 677. The van der Waals surface area contributed by atoms with Crippen molar-refractivity contribution >= 4 is 0 Å². The average Bonchev–Trinajstić information content (AvgIpc) is 2.48. The molecular formula is C15H11F3N2O. The average molecular weight is 292 g/mol. The Balaban J connectivity index is 2.50. The Morgan fingerprint density at radius 2 is 1.95 bits per heavy atom. The van der Waals surface area contributed by atoms with E-state index in [1.165, 1.54) is 7.11 Å². The molecule has 0 saturated heterocycles. The molecule has 0 N–H and O–H groups in total. The molecule has 1 unspecified atom stereocenters. The third-order valence-electron chi connectivity index (χ3n) is 2.98. The lowest BCUT2D eigenvalue weighted by molar-refractivity contribution is -0.137. The summed E-state index contributed by atoms with van der Waals surface area (Å²) < 4.78 is 43.4. The van der Waals surface area contributed by atoms with Gasteiger partial charge in [0.15, 0.2) is 0 Å². The number of methoxy groups -OCH3 is 1. The lowest BCUT2D eigenvalue weighted by Crippen LogP contribution is -2.09. The SMILES string of the molecule is COc1ccccc1C(C#N)c1cc(C(F)(F)F)ccn1. The number of alkyl halides is 3. The molecule has 1 aromatic heterocycles. The van der Waals surface area contributed by atoms with E-state index < -0.39 is 17.7 Å². The molecule has 0 aliphatic heterocycles. The van der Waals surface area contributed by atoms with E-state index in [0.29, 0.717) is 11.3 Å². The predicted molar refractivity (Wildman–Crippen MR) is 69.7 cm³/mol. The molecule has 0 spiro atoms. The lowest BCUT2D eigenvalue weighted by Gasteiger charge is -2.14. The third kappa shape index (κ3) is 3.14. The highest BCUT2D eigenvalue weighted by molar-refractivity contribution is 5.44. The van der Waals surface area contributed by atoms with Crippen LogP contribution < -0.4 is 4.74 Å². The molecule has 21 heavy (non-hydrogen) atoms. The van der Waals surface area contributed by atoms with Crippen LogP contribution in [0.15, 0.2) is 42.6 Å². The van der Waals surface area contributed by atoms with Crippen LogP contribution in [-0.2, 0) is 6.18 Å². The Kier molecular flexibility index (Phi) is 4.13. The van der Waals surface area contributed by atoms with E-state index in [1.807, 2.05) is 6.07 Å². The van der Waals surface area contributed by atoms with Crippen molar-refractivity contribution in [3.05, 3.63) is 59.4 Å². The molecule has 6 heteroatoms. The number of halogens is 3. The number of aromatic nitrogens is 1. The molecule has 0 aliphatic carbocycles. The van der Waals surface area contributed by atoms with Crippen molar-refractivity contribution in [2.24, 2.45) is 0 Å². The zero-order valence-electron chi connectivity index (χ0n) is 11.1. The van der Waals surface area contributed by atoms with Crippen LogP contribution >= 0.6 is 0 Å². The topological polar surface area (TPSA) is 45.9 Å². The van der Waals surface area contributed by atoms with Gasteiger partial charge < -0.3 is 4.74 Å². The molecule has 1 aromatic carbocycles. The zero-order valence-corrected chi connectivity index (χ0v) is 11.1. The Labute approximate surface area is 119 Å². The number of para-hydroxylation sites is 1. The molecule has 1 heterocycles. The van der Waals surface area contributed by atoms with Crippen molar-refractivity contribution in [3.8, 4) is 11.8 Å². The summed E-state index contributed by atoms with van der Waals surface area (Å²) in [6, 6.07) is 10.4. The fourth-order valence-electron chi connectivity index (χ4n) is 1.98. The van der Waals surface area contributed by atoms with Gasteiger partial charge in [-0.25, -0.2) is 0 Å². The maximum absolute atomic E-state index is 12.7. The highest BCUT2D eigenvalue weighted by atomic mass is 19.4. The second kappa shape index (κ2) is 5.83. The van der Waals surface area contributed by atoms with Crippen molar-refractivity contribution in [1.29, 1.82) is 5.26 Å². The van der Waals surface area contributed by atoms with E-state index in [4.69, 9.17) is 4.74 Å². The highest BCUT2D eigenvalue weighted by Gasteiger charge is 2.32. The van der Waals surface area contributed by atoms with E-state index in [-0.39, 0.29) is 5.69 Å². The van der Waals surface area contributed by atoms with Crippen molar-refractivity contribution < 1.29 is 17.9 Å². The molecule has 0 bridgehead atoms. The molecule has 108 valence electrons. The monoisotopic (exact) mass is 292 g/mol. The number of pyridine rings is 1. The van der Waals surface area contributed by atoms with Gasteiger partial charge in [-0.2, -0.15) is 18.4 Å². The summed E-state index contributed by atoms with van der Waals surface area (Å²) in [7, 11) is 1.44. The van der Waals surface area contributed by atoms with Crippen LogP contribution in [0.25, 0.3) is 0 Å². The quantitative estimate of drug-likeness (QED) is 0.865. The maximum Gasteiger partial charge on any atom is 0.416 e. The molecule has 0 fully saturated rings. The molecule has 3 nitrogen and oxygen atoms in total. The van der Waals surface area contributed by atoms with Crippen molar-refractivity contribution in [2.45, 2.75) is 12.1 Å². The number of hydrogen-bond donors (Lipinski definition) is 0. The smallest absolute Gasteiger partial charge is 0.416 e. The van der Waals surface area contributed by atoms with E-state index in [9.17, 15) is 18.4 Å². The Morgan fingerprint density at radius 1 is 1.24 bits per heavy atom. The number of rotatable bonds is 3. The van der Waals surface area contributed by atoms with Crippen LogP contribution in [0.3, 0.4) is 0 Å². The normalized spacial score (nSPS) is 12.5. The number of nitriles is 1. The van der Waals surface area contributed by atoms with E-state index in [0.717, 1.165) is 18.3 Å². The first-order chi connectivity index (χ1) is 9.97. The molecule has 2 rings (SSSR count). The number of nitrogens with zero attached hydrogens (tertiary/aromatic N) is 2. The molecule has 0 aliphatic rings. The summed E-state index contributed by atoms with van der Waals surface area (Å²) >= 11 is 0. The van der Waals surface area contributed by atoms with Gasteiger partial charge in [-0.1, -0.05) is 18.2 Å². The largest absolute Gasteiger partial charge is 0.496 e. The number of benzene rings is 1. The van der Waals surface area contributed by atoms with E-state index in [2.05, 4.69) is 4.98 Å². The van der Waals surface area contributed by atoms with Crippen LogP contribution in [0.1, 0.15) is 22.7 Å². The first kappa shape index (κ1) is 14.9. The minimum atomic E-state index is -4.47. The van der Waals surface area contributed by atoms with Crippen molar-refractivity contribution in [3.63, 3.8) is 0 Å². The first-order valence-electron chi connectivity index (χ1n) is 6.03. The number of hydrogen-bond acceptors (Lipinski definition) is 3. The van der Waals surface area contributed by atoms with Gasteiger partial charge in [-0.05, 0) is 18.2 Å². The van der Waals surface area contributed by atoms with Gasteiger partial charge in [0.2, 0.25) is 0 Å². The van der Waals surface area contributed by atoms with E-state index >= 15 is 0 Å². The summed E-state index contributed by atoms with van der Waals surface area (Å²) in [4.78, 5) is 3.90. The van der Waals surface area contributed by atoms with Crippen molar-refractivity contribution in [1.82, 2.24) is 4.98 Å².